The number of fused-ring (bicyclic) bond motifs is 1. The van der Waals surface area contributed by atoms with Crippen molar-refractivity contribution >= 4 is 27.3 Å². The first-order chi connectivity index (χ1) is 18.4. The van der Waals surface area contributed by atoms with Crippen LogP contribution >= 0.6 is 0 Å². The molecule has 3 aromatic heterocycles. The molecule has 0 spiro atoms. The van der Waals surface area contributed by atoms with Crippen LogP contribution in [0.15, 0.2) is 60.9 Å². The Bertz CT molecular complexity index is 1510. The number of sulfonamides is 1. The molecule has 4 aromatic rings. The van der Waals surface area contributed by atoms with Crippen LogP contribution in [0.5, 0.6) is 0 Å². The molecule has 1 aromatic carbocycles. The van der Waals surface area contributed by atoms with Gasteiger partial charge in [0.05, 0.1) is 18.1 Å². The Labute approximate surface area is 223 Å². The molecule has 198 valence electrons. The van der Waals surface area contributed by atoms with E-state index in [9.17, 15) is 8.42 Å². The number of anilines is 2. The molecular weight excluding hydrogens is 498 g/mol. The van der Waals surface area contributed by atoms with Crippen molar-refractivity contribution in [1.82, 2.24) is 23.9 Å². The van der Waals surface area contributed by atoms with Gasteiger partial charge in [0.1, 0.15) is 11.6 Å². The van der Waals surface area contributed by atoms with Gasteiger partial charge in [-0.2, -0.15) is 9.61 Å². The van der Waals surface area contributed by atoms with Crippen LogP contribution < -0.4 is 10.6 Å². The average molecular weight is 532 g/mol. The first kappa shape index (κ1) is 24.8. The maximum Gasteiger partial charge on any atom is 0.211 e. The topological polar surface area (TPSA) is 105 Å². The highest BCUT2D eigenvalue weighted by molar-refractivity contribution is 7.88. The summed E-state index contributed by atoms with van der Waals surface area (Å²) in [6.07, 6.45) is 9.12. The van der Waals surface area contributed by atoms with Gasteiger partial charge in [0.25, 0.3) is 0 Å². The fourth-order valence-electron chi connectivity index (χ4n) is 5.09. The zero-order valence-electron chi connectivity index (χ0n) is 21.5. The number of pyridine rings is 1. The molecule has 1 saturated carbocycles. The number of aromatic nitrogens is 4. The number of hydrogen-bond acceptors (Lipinski definition) is 7. The first-order valence-corrected chi connectivity index (χ1v) is 15.1. The fraction of sp³-hybridized carbons (Fsp3) is 0.393. The third-order valence-electron chi connectivity index (χ3n) is 7.52. The zero-order valence-corrected chi connectivity index (χ0v) is 22.4. The first-order valence-electron chi connectivity index (χ1n) is 13.3. The van der Waals surface area contributed by atoms with Gasteiger partial charge < -0.3 is 10.6 Å². The summed E-state index contributed by atoms with van der Waals surface area (Å²) < 4.78 is 27.1. The van der Waals surface area contributed by atoms with Crippen molar-refractivity contribution in [2.75, 3.05) is 36.5 Å². The van der Waals surface area contributed by atoms with Crippen molar-refractivity contribution in [3.8, 4) is 11.3 Å². The van der Waals surface area contributed by atoms with Crippen molar-refractivity contribution in [2.45, 2.75) is 38.1 Å². The smallest absolute Gasteiger partial charge is 0.211 e. The normalized spacial score (nSPS) is 17.1. The lowest BCUT2D eigenvalue weighted by molar-refractivity contribution is 0.283. The molecule has 0 atom stereocenters. The number of nitrogens with zero attached hydrogens (tertiary/aromatic N) is 5. The summed E-state index contributed by atoms with van der Waals surface area (Å²) in [6.45, 7) is 2.59. The minimum atomic E-state index is -3.11. The van der Waals surface area contributed by atoms with Crippen molar-refractivity contribution in [3.63, 3.8) is 0 Å². The van der Waals surface area contributed by atoms with Gasteiger partial charge in [-0.25, -0.2) is 17.7 Å². The van der Waals surface area contributed by atoms with Crippen molar-refractivity contribution < 1.29 is 8.42 Å². The van der Waals surface area contributed by atoms with Gasteiger partial charge in [-0.3, -0.25) is 4.98 Å². The molecule has 2 N–H and O–H groups in total. The second-order valence-corrected chi connectivity index (χ2v) is 12.4. The molecule has 0 radical (unpaired) electrons. The number of benzene rings is 1. The largest absolute Gasteiger partial charge is 0.370 e. The number of nitrogens with one attached hydrogen (secondary N) is 2. The molecule has 10 heteroatoms. The number of rotatable bonds is 9. The third kappa shape index (κ3) is 5.51. The maximum atomic E-state index is 11.8. The van der Waals surface area contributed by atoms with Gasteiger partial charge in [0.2, 0.25) is 10.0 Å². The van der Waals surface area contributed by atoms with E-state index in [-0.39, 0.29) is 0 Å². The van der Waals surface area contributed by atoms with Gasteiger partial charge in [0.15, 0.2) is 5.65 Å². The van der Waals surface area contributed by atoms with E-state index in [1.54, 1.807) is 4.31 Å². The average Bonchev–Trinajstić information content (AvgIpc) is 3.69. The predicted octanol–water partition coefficient (Wildman–Crippen LogP) is 4.36. The lowest BCUT2D eigenvalue weighted by Crippen LogP contribution is -2.39. The summed E-state index contributed by atoms with van der Waals surface area (Å²) >= 11 is 0. The molecule has 1 aliphatic carbocycles. The molecule has 1 aliphatic heterocycles. The summed E-state index contributed by atoms with van der Waals surface area (Å²) in [5.74, 6) is 2.67. The second-order valence-electron chi connectivity index (χ2n) is 10.4. The van der Waals surface area contributed by atoms with E-state index in [2.05, 4.69) is 45.0 Å². The summed E-state index contributed by atoms with van der Waals surface area (Å²) in [4.78, 5) is 9.36. The van der Waals surface area contributed by atoms with E-state index < -0.39 is 10.0 Å². The molecule has 2 aliphatic rings. The van der Waals surface area contributed by atoms with Crippen molar-refractivity contribution in [1.29, 1.82) is 0 Å². The van der Waals surface area contributed by atoms with Gasteiger partial charge in [0, 0.05) is 49.6 Å². The highest BCUT2D eigenvalue weighted by atomic mass is 32.2. The van der Waals surface area contributed by atoms with Crippen LogP contribution in [0.4, 0.5) is 11.6 Å². The van der Waals surface area contributed by atoms with Crippen LogP contribution in [-0.4, -0.2) is 58.2 Å². The second kappa shape index (κ2) is 10.3. The summed E-state index contributed by atoms with van der Waals surface area (Å²) in [7, 11) is -3.11. The van der Waals surface area contributed by atoms with Crippen LogP contribution in [0.3, 0.4) is 0 Å². The standard InChI is InChI=1S/C28H33N7O2S/c1-38(36,37)34-14-11-21(12-15-34)17-30-26-16-27(35-28(33-26)24(19-32-35)22-9-10-22)31-18-20-5-7-23(8-6-20)25-4-2-3-13-29-25/h2-8,13,16,19,21-22,31H,9-12,14-15,17-18H2,1H3,(H,30,33). The molecule has 9 nitrogen and oxygen atoms in total. The van der Waals surface area contributed by atoms with Gasteiger partial charge in [-0.1, -0.05) is 30.3 Å². The van der Waals surface area contributed by atoms with E-state index in [1.165, 1.54) is 24.7 Å². The van der Waals surface area contributed by atoms with E-state index in [0.717, 1.165) is 53.5 Å². The highest BCUT2D eigenvalue weighted by Gasteiger charge is 2.29. The van der Waals surface area contributed by atoms with Gasteiger partial charge in [-0.15, -0.1) is 0 Å². The van der Waals surface area contributed by atoms with E-state index in [4.69, 9.17) is 4.98 Å². The summed E-state index contributed by atoms with van der Waals surface area (Å²) in [5.41, 5.74) is 5.33. The monoisotopic (exact) mass is 531 g/mol. The predicted molar refractivity (Wildman–Crippen MR) is 150 cm³/mol. The van der Waals surface area contributed by atoms with E-state index >= 15 is 0 Å². The van der Waals surface area contributed by atoms with Crippen molar-refractivity contribution in [3.05, 3.63) is 72.1 Å². The van der Waals surface area contributed by atoms with Gasteiger partial charge in [-0.05, 0) is 55.2 Å². The minimum Gasteiger partial charge on any atom is -0.370 e. The Morgan fingerprint density at radius 3 is 2.47 bits per heavy atom. The minimum absolute atomic E-state index is 0.410. The molecule has 2 fully saturated rings. The van der Waals surface area contributed by atoms with Crippen LogP contribution in [0, 0.1) is 5.92 Å². The molecule has 4 heterocycles. The fourth-order valence-corrected chi connectivity index (χ4v) is 5.97. The molecular formula is C28H33N7O2S. The van der Waals surface area contributed by atoms with Crippen LogP contribution in [0.1, 0.15) is 42.7 Å². The maximum absolute atomic E-state index is 11.8. The molecule has 0 amide bonds. The zero-order chi connectivity index (χ0) is 26.1. The van der Waals surface area contributed by atoms with Crippen LogP contribution in [0.25, 0.3) is 16.9 Å². The van der Waals surface area contributed by atoms with E-state index in [0.29, 0.717) is 31.5 Å². The molecule has 0 unspecified atom stereocenters. The van der Waals surface area contributed by atoms with Crippen molar-refractivity contribution in [2.24, 2.45) is 5.92 Å². The summed E-state index contributed by atoms with van der Waals surface area (Å²) in [6, 6.07) is 16.4. The Kier molecular flexibility index (Phi) is 6.75. The van der Waals surface area contributed by atoms with Crippen LogP contribution in [-0.2, 0) is 16.6 Å². The third-order valence-corrected chi connectivity index (χ3v) is 8.82. The number of piperidine rings is 1. The quantitative estimate of drug-likeness (QED) is 0.331. The van der Waals surface area contributed by atoms with E-state index in [1.807, 2.05) is 41.2 Å². The summed E-state index contributed by atoms with van der Waals surface area (Å²) in [5, 5.41) is 11.8. The van der Waals surface area contributed by atoms with Gasteiger partial charge >= 0.3 is 0 Å². The Hall–Kier alpha value is -3.50. The lowest BCUT2D eigenvalue weighted by atomic mass is 9.98. The molecule has 0 bridgehead atoms. The Balaban J connectivity index is 1.16. The lowest BCUT2D eigenvalue weighted by Gasteiger charge is -2.30. The molecule has 1 saturated heterocycles. The number of hydrogen-bond donors (Lipinski definition) is 2. The highest BCUT2D eigenvalue weighted by Crippen LogP contribution is 2.42. The Morgan fingerprint density at radius 2 is 1.79 bits per heavy atom. The SMILES string of the molecule is CS(=O)(=O)N1CCC(CNc2cc(NCc3ccc(-c4ccccn4)cc3)n3ncc(C4CC4)c3n2)CC1. The molecule has 38 heavy (non-hydrogen) atoms. The molecule has 6 rings (SSSR count). The van der Waals surface area contributed by atoms with Crippen LogP contribution in [0.2, 0.25) is 0 Å². The Morgan fingerprint density at radius 1 is 1.00 bits per heavy atom.